The van der Waals surface area contributed by atoms with E-state index < -0.39 is 0 Å². The van der Waals surface area contributed by atoms with Crippen LogP contribution in [-0.4, -0.2) is 58.7 Å². The summed E-state index contributed by atoms with van der Waals surface area (Å²) in [4.78, 5) is 2.52. The van der Waals surface area contributed by atoms with E-state index >= 15 is 0 Å². The van der Waals surface area contributed by atoms with Crippen molar-refractivity contribution in [2.45, 2.75) is 127 Å². The maximum atomic E-state index is 12.2. The molecule has 194 valence electrons. The van der Waals surface area contributed by atoms with Gasteiger partial charge in [-0.15, -0.1) is 0 Å². The van der Waals surface area contributed by atoms with Crippen LogP contribution in [-0.2, 0) is 5.41 Å². The van der Waals surface area contributed by atoms with Crippen LogP contribution in [0.15, 0.2) is 24.3 Å². The molecule has 0 aromatic heterocycles. The molecule has 1 aromatic carbocycles. The Labute approximate surface area is 213 Å². The Morgan fingerprint density at radius 3 is 2.34 bits per heavy atom. The van der Waals surface area contributed by atoms with E-state index in [9.17, 15) is 10.2 Å². The quantitative estimate of drug-likeness (QED) is 0.319. The van der Waals surface area contributed by atoms with Crippen molar-refractivity contribution in [1.29, 1.82) is 0 Å². The Bertz CT molecular complexity index is 921. The zero-order valence-corrected chi connectivity index (χ0v) is 22.4. The highest BCUT2D eigenvalue weighted by Gasteiger charge is 2.82. The molecule has 4 unspecified atom stereocenters. The molecule has 4 saturated heterocycles. The molecule has 1 spiro atoms. The van der Waals surface area contributed by atoms with Crippen LogP contribution in [0.4, 0.5) is 5.69 Å². The normalized spacial score (nSPS) is 44.2. The first-order valence-electron chi connectivity index (χ1n) is 15.1. The SMILES string of the molecule is CCCCCCCCCCC[N+]12C3C[C@@H](C4[C@H]1CC1(c5ccccc5N(C)[C@@H]31)[C@H]4O)[C@H](CC)[C@H]2O. The second kappa shape index (κ2) is 9.03. The zero-order chi connectivity index (χ0) is 24.4. The lowest BCUT2D eigenvalue weighted by molar-refractivity contribution is -1.04. The fraction of sp³-hybridized carbons (Fsp3) is 0.806. The Morgan fingerprint density at radius 2 is 1.63 bits per heavy atom. The van der Waals surface area contributed by atoms with Crippen LogP contribution in [0.5, 0.6) is 0 Å². The van der Waals surface area contributed by atoms with Gasteiger partial charge in [-0.2, -0.15) is 0 Å². The van der Waals surface area contributed by atoms with Crippen molar-refractivity contribution in [3.63, 3.8) is 0 Å². The summed E-state index contributed by atoms with van der Waals surface area (Å²) in [5, 5.41) is 24.2. The molecule has 35 heavy (non-hydrogen) atoms. The summed E-state index contributed by atoms with van der Waals surface area (Å²) in [7, 11) is 2.27. The van der Waals surface area contributed by atoms with Crippen molar-refractivity contribution in [3.05, 3.63) is 29.8 Å². The summed E-state index contributed by atoms with van der Waals surface area (Å²) >= 11 is 0. The minimum absolute atomic E-state index is 0.136. The molecular weight excluding hydrogens is 432 g/mol. The van der Waals surface area contributed by atoms with Crippen molar-refractivity contribution in [3.8, 4) is 0 Å². The average molecular weight is 482 g/mol. The number of nitrogens with zero attached hydrogens (tertiary/aromatic N) is 2. The second-order valence-corrected chi connectivity index (χ2v) is 12.9. The summed E-state index contributed by atoms with van der Waals surface area (Å²) < 4.78 is 0.901. The number of hydrogen-bond donors (Lipinski definition) is 2. The molecule has 4 heteroatoms. The summed E-state index contributed by atoms with van der Waals surface area (Å²) in [6.45, 7) is 5.66. The molecule has 2 N–H and O–H groups in total. The fourth-order valence-electron chi connectivity index (χ4n) is 10.5. The van der Waals surface area contributed by atoms with Gasteiger partial charge >= 0.3 is 0 Å². The highest BCUT2D eigenvalue weighted by atomic mass is 16.3. The number of benzene rings is 1. The topological polar surface area (TPSA) is 43.7 Å². The predicted octanol–water partition coefficient (Wildman–Crippen LogP) is 5.60. The number of para-hydroxylation sites is 1. The molecule has 1 saturated carbocycles. The Kier molecular flexibility index (Phi) is 6.25. The molecule has 6 aliphatic rings. The highest BCUT2D eigenvalue weighted by Crippen LogP contribution is 2.71. The van der Waals surface area contributed by atoms with Gasteiger partial charge in [-0.3, -0.25) is 4.48 Å². The molecule has 0 amide bonds. The molecule has 5 heterocycles. The van der Waals surface area contributed by atoms with Crippen LogP contribution in [0.2, 0.25) is 0 Å². The van der Waals surface area contributed by atoms with E-state index in [0.29, 0.717) is 35.9 Å². The third-order valence-electron chi connectivity index (χ3n) is 11.8. The summed E-state index contributed by atoms with van der Waals surface area (Å²) in [5.41, 5.74) is 2.58. The number of likely N-dealkylation sites (N-methyl/N-ethyl adjacent to an activating group) is 1. The van der Waals surface area contributed by atoms with Crippen molar-refractivity contribution in [2.75, 3.05) is 18.5 Å². The molecule has 5 aliphatic heterocycles. The number of aliphatic hydroxyl groups is 2. The van der Waals surface area contributed by atoms with Gasteiger partial charge in [0.1, 0.15) is 6.04 Å². The number of aliphatic hydroxyl groups excluding tert-OH is 2. The first-order chi connectivity index (χ1) is 17.0. The Morgan fingerprint density at radius 1 is 0.943 bits per heavy atom. The second-order valence-electron chi connectivity index (χ2n) is 12.9. The predicted molar refractivity (Wildman–Crippen MR) is 142 cm³/mol. The van der Waals surface area contributed by atoms with E-state index in [2.05, 4.69) is 50.1 Å². The minimum Gasteiger partial charge on any atom is -0.392 e. The molecular formula is C31H49N2O2+. The lowest BCUT2D eigenvalue weighted by Crippen LogP contribution is -2.83. The van der Waals surface area contributed by atoms with Crippen molar-refractivity contribution in [1.82, 2.24) is 0 Å². The fourth-order valence-corrected chi connectivity index (χ4v) is 10.5. The van der Waals surface area contributed by atoms with Gasteiger partial charge in [0.15, 0.2) is 6.23 Å². The van der Waals surface area contributed by atoms with Gasteiger partial charge in [-0.05, 0) is 36.8 Å². The molecule has 10 atom stereocenters. The lowest BCUT2D eigenvalue weighted by atomic mass is 9.60. The van der Waals surface area contributed by atoms with Crippen LogP contribution in [0.3, 0.4) is 0 Å². The minimum atomic E-state index is -0.275. The van der Waals surface area contributed by atoms with Crippen molar-refractivity contribution < 1.29 is 14.7 Å². The van der Waals surface area contributed by atoms with Gasteiger partial charge in [-0.25, -0.2) is 0 Å². The summed E-state index contributed by atoms with van der Waals surface area (Å²) in [5.74, 6) is 1.17. The summed E-state index contributed by atoms with van der Waals surface area (Å²) in [6, 6.07) is 10.1. The van der Waals surface area contributed by atoms with E-state index in [1.54, 1.807) is 0 Å². The first-order valence-corrected chi connectivity index (χ1v) is 15.1. The van der Waals surface area contributed by atoms with Crippen molar-refractivity contribution in [2.24, 2.45) is 17.8 Å². The maximum Gasteiger partial charge on any atom is 0.194 e. The number of piperidine rings is 4. The average Bonchev–Trinajstić information content (AvgIpc) is 3.26. The third-order valence-corrected chi connectivity index (χ3v) is 11.8. The van der Waals surface area contributed by atoms with Crippen LogP contribution in [0, 0.1) is 17.8 Å². The lowest BCUT2D eigenvalue weighted by Gasteiger charge is -2.68. The number of quaternary nitrogens is 1. The molecule has 7 rings (SSSR count). The molecule has 5 bridgehead atoms. The van der Waals surface area contributed by atoms with Crippen LogP contribution in [0.25, 0.3) is 0 Å². The van der Waals surface area contributed by atoms with Crippen LogP contribution < -0.4 is 4.90 Å². The number of rotatable bonds is 11. The molecule has 5 fully saturated rings. The van der Waals surface area contributed by atoms with Crippen LogP contribution in [0.1, 0.15) is 96.5 Å². The van der Waals surface area contributed by atoms with Gasteiger partial charge in [0.2, 0.25) is 0 Å². The van der Waals surface area contributed by atoms with E-state index in [0.717, 1.165) is 23.9 Å². The zero-order valence-electron chi connectivity index (χ0n) is 22.4. The third kappa shape index (κ3) is 3.09. The number of unbranched alkanes of at least 4 members (excludes halogenated alkanes) is 8. The van der Waals surface area contributed by atoms with E-state index in [4.69, 9.17) is 0 Å². The first kappa shape index (κ1) is 24.2. The smallest absolute Gasteiger partial charge is 0.194 e. The van der Waals surface area contributed by atoms with Gasteiger partial charge in [0, 0.05) is 37.4 Å². The molecule has 1 aromatic rings. The summed E-state index contributed by atoms with van der Waals surface area (Å²) in [6.07, 6.45) is 14.9. The molecule has 0 radical (unpaired) electrons. The van der Waals surface area contributed by atoms with Gasteiger partial charge in [0.05, 0.1) is 30.1 Å². The van der Waals surface area contributed by atoms with E-state index in [1.165, 1.54) is 75.5 Å². The monoisotopic (exact) mass is 481 g/mol. The number of fused-ring (bicyclic) bond motifs is 2. The standard InChI is InChI=1S/C31H49N2O2/c1-4-6-7-8-9-10-11-12-15-18-33-25-19-22(21(5-2)30(33)35)27-26(33)20-31(29(27)34)23-16-13-14-17-24(23)32(3)28(25)31/h13-14,16-17,21-22,25-30,34-35H,4-12,15,18-20H2,1-3H3/q+1/t21-,22+,25?,26+,27?,28-,29-,30+,31?,33?/m0/s1. The van der Waals surface area contributed by atoms with E-state index in [-0.39, 0.29) is 17.7 Å². The number of anilines is 1. The van der Waals surface area contributed by atoms with E-state index in [1.807, 2.05) is 0 Å². The Hall–Kier alpha value is -1.10. The van der Waals surface area contributed by atoms with Gasteiger partial charge < -0.3 is 15.1 Å². The number of hydrogen-bond acceptors (Lipinski definition) is 3. The molecule has 1 aliphatic carbocycles. The van der Waals surface area contributed by atoms with Crippen LogP contribution >= 0.6 is 0 Å². The van der Waals surface area contributed by atoms with Crippen molar-refractivity contribution >= 4 is 5.69 Å². The maximum absolute atomic E-state index is 12.2. The Balaban J connectivity index is 1.26. The molecule has 4 nitrogen and oxygen atoms in total. The van der Waals surface area contributed by atoms with Gasteiger partial charge in [-0.1, -0.05) is 77.0 Å². The largest absolute Gasteiger partial charge is 0.392 e. The van der Waals surface area contributed by atoms with Gasteiger partial charge in [0.25, 0.3) is 0 Å². The highest BCUT2D eigenvalue weighted by molar-refractivity contribution is 5.66.